The normalized spacial score (nSPS) is 22.9. The molecule has 0 aromatic heterocycles. The Hall–Kier alpha value is -4.12. The minimum Gasteiger partial charge on any atom is -0.462 e. The summed E-state index contributed by atoms with van der Waals surface area (Å²) in [5.74, 6) is 0.185. The molecule has 3 N–H and O–H groups in total. The zero-order chi connectivity index (χ0) is 28.1. The number of nitro benzene ring substituents is 1. The van der Waals surface area contributed by atoms with Crippen molar-refractivity contribution >= 4 is 5.69 Å². The molecule has 1 fully saturated rings. The summed E-state index contributed by atoms with van der Waals surface area (Å²) in [6, 6.07) is 34.2. The molecule has 1 aliphatic rings. The fourth-order valence-electron chi connectivity index (χ4n) is 4.91. The Kier molecular flexibility index (Phi) is 8.20. The first-order chi connectivity index (χ1) is 19.4. The van der Waals surface area contributed by atoms with Crippen LogP contribution in [0.1, 0.15) is 16.7 Å². The highest BCUT2D eigenvalue weighted by Crippen LogP contribution is 2.41. The number of aliphatic hydroxyl groups excluding tert-OH is 3. The lowest BCUT2D eigenvalue weighted by atomic mass is 9.80. The molecule has 0 aliphatic carbocycles. The van der Waals surface area contributed by atoms with Gasteiger partial charge in [-0.25, -0.2) is 0 Å². The van der Waals surface area contributed by atoms with Crippen LogP contribution >= 0.6 is 0 Å². The summed E-state index contributed by atoms with van der Waals surface area (Å²) in [5, 5.41) is 43.1. The fourth-order valence-corrected chi connectivity index (χ4v) is 4.91. The van der Waals surface area contributed by atoms with Crippen LogP contribution in [0, 0.1) is 10.1 Å². The van der Waals surface area contributed by atoms with Gasteiger partial charge in [0.05, 0.1) is 11.5 Å². The Balaban J connectivity index is 1.46. The van der Waals surface area contributed by atoms with Crippen molar-refractivity contribution in [2.45, 2.75) is 36.3 Å². The SMILES string of the molecule is O=[N+]([O-])c1ccc(O[C@@H]2O[C@H](COC(c3ccccc3)(c3ccccc3)c3ccccc3)[C@H](O)[C@H](O)[C@H]2O)cc1. The molecule has 0 unspecified atom stereocenters. The van der Waals surface area contributed by atoms with Crippen molar-refractivity contribution < 1.29 is 34.5 Å². The van der Waals surface area contributed by atoms with Gasteiger partial charge in [-0.15, -0.1) is 0 Å². The van der Waals surface area contributed by atoms with E-state index in [-0.39, 0.29) is 18.0 Å². The molecule has 1 saturated heterocycles. The van der Waals surface area contributed by atoms with Gasteiger partial charge in [0.15, 0.2) is 0 Å². The first kappa shape index (κ1) is 27.4. The predicted molar refractivity (Wildman–Crippen MR) is 146 cm³/mol. The van der Waals surface area contributed by atoms with Gasteiger partial charge in [-0.3, -0.25) is 10.1 Å². The Bertz CT molecular complexity index is 1290. The van der Waals surface area contributed by atoms with Crippen LogP contribution in [0.25, 0.3) is 0 Å². The van der Waals surface area contributed by atoms with Gasteiger partial charge in [0.1, 0.15) is 35.8 Å². The Morgan fingerprint density at radius 1 is 0.700 bits per heavy atom. The summed E-state index contributed by atoms with van der Waals surface area (Å²) in [5.41, 5.74) is 1.31. The number of non-ortho nitro benzene ring substituents is 1. The second kappa shape index (κ2) is 12.0. The number of aliphatic hydroxyl groups is 3. The monoisotopic (exact) mass is 543 g/mol. The highest BCUT2D eigenvalue weighted by molar-refractivity contribution is 5.47. The zero-order valence-electron chi connectivity index (χ0n) is 21.4. The number of nitrogens with zero attached hydrogens (tertiary/aromatic N) is 1. The Morgan fingerprint density at radius 2 is 1.18 bits per heavy atom. The molecule has 0 saturated carbocycles. The highest BCUT2D eigenvalue weighted by atomic mass is 16.7. The summed E-state index contributed by atoms with van der Waals surface area (Å²) in [6.07, 6.45) is -7.11. The Labute approximate surface area is 231 Å². The number of hydrogen-bond donors (Lipinski definition) is 3. The minimum absolute atomic E-state index is 0.127. The maximum atomic E-state index is 11.0. The molecule has 0 spiro atoms. The van der Waals surface area contributed by atoms with E-state index in [9.17, 15) is 25.4 Å². The highest BCUT2D eigenvalue weighted by Gasteiger charge is 2.47. The molecule has 9 nitrogen and oxygen atoms in total. The quantitative estimate of drug-likeness (QED) is 0.165. The number of benzene rings is 4. The largest absolute Gasteiger partial charge is 0.462 e. The molecule has 0 amide bonds. The van der Waals surface area contributed by atoms with E-state index in [1.165, 1.54) is 24.3 Å². The lowest BCUT2D eigenvalue weighted by Crippen LogP contribution is -2.60. The van der Waals surface area contributed by atoms with Crippen molar-refractivity contribution in [3.63, 3.8) is 0 Å². The van der Waals surface area contributed by atoms with Gasteiger partial charge in [-0.1, -0.05) is 91.0 Å². The number of hydrogen-bond acceptors (Lipinski definition) is 8. The second-order valence-electron chi connectivity index (χ2n) is 9.47. The molecule has 4 aromatic rings. The lowest BCUT2D eigenvalue weighted by Gasteiger charge is -2.42. The molecular weight excluding hydrogens is 514 g/mol. The van der Waals surface area contributed by atoms with Gasteiger partial charge in [0.25, 0.3) is 5.69 Å². The van der Waals surface area contributed by atoms with Gasteiger partial charge in [-0.05, 0) is 28.8 Å². The van der Waals surface area contributed by atoms with Crippen molar-refractivity contribution in [3.05, 3.63) is 142 Å². The fraction of sp³-hybridized carbons (Fsp3) is 0.226. The third-order valence-electron chi connectivity index (χ3n) is 6.97. The first-order valence-electron chi connectivity index (χ1n) is 12.8. The molecule has 9 heteroatoms. The average molecular weight is 544 g/mol. The van der Waals surface area contributed by atoms with Gasteiger partial charge < -0.3 is 29.5 Å². The third kappa shape index (κ3) is 5.46. The molecular formula is C31H29NO8. The van der Waals surface area contributed by atoms with Crippen LogP contribution in [0.15, 0.2) is 115 Å². The number of nitro groups is 1. The molecule has 1 aliphatic heterocycles. The summed E-state index contributed by atoms with van der Waals surface area (Å²) < 4.78 is 18.4. The molecule has 5 rings (SSSR count). The summed E-state index contributed by atoms with van der Waals surface area (Å²) in [4.78, 5) is 10.4. The molecule has 0 radical (unpaired) electrons. The van der Waals surface area contributed by atoms with Crippen LogP contribution in [-0.2, 0) is 15.1 Å². The van der Waals surface area contributed by atoms with Crippen LogP contribution in [-0.4, -0.2) is 57.6 Å². The summed E-state index contributed by atoms with van der Waals surface area (Å²) in [6.45, 7) is -0.177. The van der Waals surface area contributed by atoms with E-state index in [1.807, 2.05) is 91.0 Å². The summed E-state index contributed by atoms with van der Waals surface area (Å²) >= 11 is 0. The van der Waals surface area contributed by atoms with E-state index in [2.05, 4.69) is 0 Å². The van der Waals surface area contributed by atoms with Crippen molar-refractivity contribution in [3.8, 4) is 5.75 Å². The lowest BCUT2D eigenvalue weighted by molar-refractivity contribution is -0.384. The second-order valence-corrected chi connectivity index (χ2v) is 9.47. The van der Waals surface area contributed by atoms with E-state index in [4.69, 9.17) is 14.2 Å². The maximum Gasteiger partial charge on any atom is 0.269 e. The van der Waals surface area contributed by atoms with Gasteiger partial charge in [0.2, 0.25) is 6.29 Å². The molecule has 1 heterocycles. The van der Waals surface area contributed by atoms with Crippen molar-refractivity contribution in [2.75, 3.05) is 6.61 Å². The van der Waals surface area contributed by atoms with E-state index in [1.54, 1.807) is 0 Å². The van der Waals surface area contributed by atoms with Gasteiger partial charge in [-0.2, -0.15) is 0 Å². The van der Waals surface area contributed by atoms with E-state index in [0.717, 1.165) is 16.7 Å². The zero-order valence-corrected chi connectivity index (χ0v) is 21.4. The van der Waals surface area contributed by atoms with Gasteiger partial charge in [0, 0.05) is 12.1 Å². The molecule has 4 aromatic carbocycles. The topological polar surface area (TPSA) is 132 Å². The van der Waals surface area contributed by atoms with E-state index < -0.39 is 41.2 Å². The van der Waals surface area contributed by atoms with Crippen molar-refractivity contribution in [1.82, 2.24) is 0 Å². The predicted octanol–water partition coefficient (Wildman–Crippen LogP) is 3.79. The standard InChI is InChI=1S/C31H29NO8/c33-27-26(40-30(29(35)28(27)34)39-25-18-16-24(17-19-25)32(36)37)20-38-31(21-10-4-1-5-11-21,22-12-6-2-7-13-22)23-14-8-3-9-15-23/h1-19,26-30,33-35H,20H2/t26-,27+,28+,29-,30-/m1/s1. The smallest absolute Gasteiger partial charge is 0.269 e. The van der Waals surface area contributed by atoms with Gasteiger partial charge >= 0.3 is 0 Å². The molecule has 5 atom stereocenters. The van der Waals surface area contributed by atoms with Crippen molar-refractivity contribution in [2.24, 2.45) is 0 Å². The molecule has 206 valence electrons. The van der Waals surface area contributed by atoms with Crippen LogP contribution in [0.2, 0.25) is 0 Å². The van der Waals surface area contributed by atoms with Crippen LogP contribution < -0.4 is 4.74 Å². The summed E-state index contributed by atoms with van der Waals surface area (Å²) in [7, 11) is 0. The van der Waals surface area contributed by atoms with E-state index >= 15 is 0 Å². The minimum atomic E-state index is -1.59. The number of ether oxygens (including phenoxy) is 3. The van der Waals surface area contributed by atoms with E-state index in [0.29, 0.717) is 0 Å². The molecule has 40 heavy (non-hydrogen) atoms. The van der Waals surface area contributed by atoms with Crippen molar-refractivity contribution in [1.29, 1.82) is 0 Å². The Morgan fingerprint density at radius 3 is 1.62 bits per heavy atom. The van der Waals surface area contributed by atoms with Crippen LogP contribution in [0.3, 0.4) is 0 Å². The third-order valence-corrected chi connectivity index (χ3v) is 6.97. The van der Waals surface area contributed by atoms with Crippen LogP contribution in [0.5, 0.6) is 5.75 Å². The molecule has 0 bridgehead atoms. The van der Waals surface area contributed by atoms with Crippen LogP contribution in [0.4, 0.5) is 5.69 Å². The number of rotatable bonds is 9. The first-order valence-corrected chi connectivity index (χ1v) is 12.8. The maximum absolute atomic E-state index is 11.0. The average Bonchev–Trinajstić information content (AvgIpc) is 3.00.